The van der Waals surface area contributed by atoms with E-state index in [1.165, 1.54) is 205 Å². The fourth-order valence-corrected chi connectivity index (χ4v) is 9.41. The van der Waals surface area contributed by atoms with Gasteiger partial charge in [-0.25, -0.2) is 0 Å². The summed E-state index contributed by atoms with van der Waals surface area (Å²) < 4.78 is 16.7. The third-order valence-corrected chi connectivity index (χ3v) is 14.2. The van der Waals surface area contributed by atoms with Gasteiger partial charge in [0.05, 0.1) is 0 Å². The molecule has 0 fully saturated rings. The lowest BCUT2D eigenvalue weighted by atomic mass is 10.0. The number of carbonyl (C=O) groups excluding carboxylic acids is 3. The van der Waals surface area contributed by atoms with Crippen LogP contribution in [0, 0.1) is 0 Å². The molecule has 0 amide bonds. The first-order valence-corrected chi connectivity index (χ1v) is 32.4. The molecule has 0 aromatic carbocycles. The maximum absolute atomic E-state index is 12.8. The van der Waals surface area contributed by atoms with Gasteiger partial charge in [0, 0.05) is 19.3 Å². The number of unbranched alkanes of at least 4 members (excludes halogenated alkanes) is 36. The molecular formula is C69H122O6. The van der Waals surface area contributed by atoms with E-state index in [1.54, 1.807) is 0 Å². The predicted molar refractivity (Wildman–Crippen MR) is 325 cm³/mol. The molecule has 434 valence electrons. The van der Waals surface area contributed by atoms with E-state index in [-0.39, 0.29) is 37.5 Å². The summed E-state index contributed by atoms with van der Waals surface area (Å²) in [6.45, 7) is 6.46. The molecule has 0 rings (SSSR count). The second-order valence-electron chi connectivity index (χ2n) is 21.7. The molecule has 0 heterocycles. The quantitative estimate of drug-likeness (QED) is 0.0261. The van der Waals surface area contributed by atoms with Gasteiger partial charge in [-0.05, 0) is 57.8 Å². The Morgan fingerprint density at radius 2 is 0.520 bits per heavy atom. The molecular weight excluding hydrogens is 925 g/mol. The highest BCUT2D eigenvalue weighted by atomic mass is 16.6. The van der Waals surface area contributed by atoms with Gasteiger partial charge in [-0.3, -0.25) is 14.4 Å². The molecule has 0 radical (unpaired) electrons. The fraction of sp³-hybridized carbons (Fsp3) is 0.783. The zero-order chi connectivity index (χ0) is 54.3. The minimum Gasteiger partial charge on any atom is -0.462 e. The van der Waals surface area contributed by atoms with Gasteiger partial charge in [-0.2, -0.15) is 0 Å². The molecule has 0 aromatic heterocycles. The SMILES string of the molecule is CC/C=C\C/C=C\C/C=C\C/C=C\C/C=C\C/C=C\CCC(=O)OC(COC(=O)CCCCCCCCC)COC(=O)CCCCCCCCCCCCCCCCCCCCCCCCCCCCCCCCC. The van der Waals surface area contributed by atoms with Crippen molar-refractivity contribution in [1.29, 1.82) is 0 Å². The monoisotopic (exact) mass is 1050 g/mol. The van der Waals surface area contributed by atoms with E-state index in [0.29, 0.717) is 19.3 Å². The molecule has 1 unspecified atom stereocenters. The highest BCUT2D eigenvalue weighted by Crippen LogP contribution is 2.18. The molecule has 1 atom stereocenters. The van der Waals surface area contributed by atoms with Gasteiger partial charge in [-0.1, -0.05) is 325 Å². The van der Waals surface area contributed by atoms with Gasteiger partial charge in [0.2, 0.25) is 0 Å². The Labute approximate surface area is 465 Å². The molecule has 0 N–H and O–H groups in total. The van der Waals surface area contributed by atoms with Crippen molar-refractivity contribution in [2.24, 2.45) is 0 Å². The number of ether oxygens (including phenoxy) is 3. The molecule has 0 aliphatic heterocycles. The van der Waals surface area contributed by atoms with Gasteiger partial charge >= 0.3 is 17.9 Å². The van der Waals surface area contributed by atoms with Crippen LogP contribution in [-0.4, -0.2) is 37.2 Å². The first kappa shape index (κ1) is 71.8. The Balaban J connectivity index is 4.08. The van der Waals surface area contributed by atoms with Crippen LogP contribution in [0.3, 0.4) is 0 Å². The molecule has 0 aliphatic carbocycles. The Kier molecular flexibility index (Phi) is 60.7. The lowest BCUT2D eigenvalue weighted by Gasteiger charge is -2.18. The number of carbonyl (C=O) groups is 3. The van der Waals surface area contributed by atoms with Crippen molar-refractivity contribution in [2.75, 3.05) is 13.2 Å². The Morgan fingerprint density at radius 3 is 0.787 bits per heavy atom. The Bertz CT molecular complexity index is 1390. The molecule has 75 heavy (non-hydrogen) atoms. The van der Waals surface area contributed by atoms with Crippen LogP contribution in [0.25, 0.3) is 0 Å². The van der Waals surface area contributed by atoms with Gasteiger partial charge in [0.15, 0.2) is 6.10 Å². The van der Waals surface area contributed by atoms with E-state index in [2.05, 4.69) is 87.6 Å². The van der Waals surface area contributed by atoms with Crippen LogP contribution in [0.1, 0.15) is 329 Å². The predicted octanol–water partition coefficient (Wildman–Crippen LogP) is 22.1. The number of allylic oxidation sites excluding steroid dienone is 12. The van der Waals surface area contributed by atoms with Crippen molar-refractivity contribution in [2.45, 2.75) is 335 Å². The van der Waals surface area contributed by atoms with E-state index in [1.807, 2.05) is 6.08 Å². The fourth-order valence-electron chi connectivity index (χ4n) is 9.41. The first-order valence-electron chi connectivity index (χ1n) is 32.4. The minimum absolute atomic E-state index is 0.102. The van der Waals surface area contributed by atoms with E-state index >= 15 is 0 Å². The highest BCUT2D eigenvalue weighted by Gasteiger charge is 2.19. The Morgan fingerprint density at radius 1 is 0.280 bits per heavy atom. The van der Waals surface area contributed by atoms with Crippen LogP contribution < -0.4 is 0 Å². The summed E-state index contributed by atoms with van der Waals surface area (Å²) in [6.07, 6.45) is 82.6. The summed E-state index contributed by atoms with van der Waals surface area (Å²) in [4.78, 5) is 38.0. The normalized spacial score (nSPS) is 12.5. The number of rotatable bonds is 59. The van der Waals surface area contributed by atoms with Crippen molar-refractivity contribution < 1.29 is 28.6 Å². The summed E-state index contributed by atoms with van der Waals surface area (Å²) in [5.41, 5.74) is 0. The molecule has 0 saturated carbocycles. The molecule has 0 saturated heterocycles. The zero-order valence-electron chi connectivity index (χ0n) is 49.8. The lowest BCUT2D eigenvalue weighted by Crippen LogP contribution is -2.30. The van der Waals surface area contributed by atoms with Crippen LogP contribution in [0.5, 0.6) is 0 Å². The van der Waals surface area contributed by atoms with Crippen LogP contribution in [0.4, 0.5) is 0 Å². The van der Waals surface area contributed by atoms with Crippen molar-refractivity contribution in [3.05, 3.63) is 72.9 Å². The van der Waals surface area contributed by atoms with Crippen LogP contribution >= 0.6 is 0 Å². The number of hydrogen-bond acceptors (Lipinski definition) is 6. The van der Waals surface area contributed by atoms with Crippen molar-refractivity contribution in [1.82, 2.24) is 0 Å². The smallest absolute Gasteiger partial charge is 0.306 e. The summed E-state index contributed by atoms with van der Waals surface area (Å²) in [6, 6.07) is 0. The maximum atomic E-state index is 12.8. The van der Waals surface area contributed by atoms with Crippen LogP contribution in [0.15, 0.2) is 72.9 Å². The minimum atomic E-state index is -0.812. The molecule has 0 spiro atoms. The number of esters is 3. The summed E-state index contributed by atoms with van der Waals surface area (Å²) >= 11 is 0. The maximum Gasteiger partial charge on any atom is 0.306 e. The summed E-state index contributed by atoms with van der Waals surface area (Å²) in [7, 11) is 0. The molecule has 6 nitrogen and oxygen atoms in total. The van der Waals surface area contributed by atoms with E-state index in [4.69, 9.17) is 14.2 Å². The van der Waals surface area contributed by atoms with Crippen molar-refractivity contribution in [3.63, 3.8) is 0 Å². The molecule has 0 bridgehead atoms. The third kappa shape index (κ3) is 61.6. The lowest BCUT2D eigenvalue weighted by molar-refractivity contribution is -0.166. The first-order chi connectivity index (χ1) is 37.0. The van der Waals surface area contributed by atoms with Crippen molar-refractivity contribution in [3.8, 4) is 0 Å². The second kappa shape index (κ2) is 63.4. The topological polar surface area (TPSA) is 78.9 Å². The van der Waals surface area contributed by atoms with E-state index < -0.39 is 6.10 Å². The second-order valence-corrected chi connectivity index (χ2v) is 21.7. The average Bonchev–Trinajstić information content (AvgIpc) is 3.41. The van der Waals surface area contributed by atoms with E-state index in [9.17, 15) is 14.4 Å². The largest absolute Gasteiger partial charge is 0.462 e. The van der Waals surface area contributed by atoms with Gasteiger partial charge in [0.25, 0.3) is 0 Å². The average molecular weight is 1050 g/mol. The summed E-state index contributed by atoms with van der Waals surface area (Å²) in [5, 5.41) is 0. The van der Waals surface area contributed by atoms with Gasteiger partial charge < -0.3 is 14.2 Å². The van der Waals surface area contributed by atoms with Crippen LogP contribution in [0.2, 0.25) is 0 Å². The molecule has 0 aliphatic rings. The molecule has 6 heteroatoms. The summed E-state index contributed by atoms with van der Waals surface area (Å²) in [5.74, 6) is -0.982. The van der Waals surface area contributed by atoms with E-state index in [0.717, 1.165) is 77.0 Å². The zero-order valence-corrected chi connectivity index (χ0v) is 49.8. The standard InChI is InChI=1S/C69H122O6/c1-4-7-10-13-16-18-20-22-24-26-28-29-30-31-32-33-34-35-36-37-38-39-41-42-44-46-48-50-53-56-59-62-68(71)74-65-66(64-73-67(70)61-58-55-52-15-12-9-6-3)75-69(72)63-60-57-54-51-49-47-45-43-40-27-25-23-21-19-17-14-11-8-5-2/h8,11,17,19,23,25,40,43,47,49,54,57,66H,4-7,9-10,12-16,18,20-22,24,26-39,41-42,44-46,48,50-53,55-56,58-65H2,1-3H3/b11-8-,19-17-,25-23-,43-40-,49-47-,57-54-. The number of hydrogen-bond donors (Lipinski definition) is 0. The third-order valence-electron chi connectivity index (χ3n) is 14.2. The highest BCUT2D eigenvalue weighted by molar-refractivity contribution is 5.71. The Hall–Kier alpha value is -3.15. The van der Waals surface area contributed by atoms with Crippen LogP contribution in [-0.2, 0) is 28.6 Å². The van der Waals surface area contributed by atoms with Crippen molar-refractivity contribution >= 4 is 17.9 Å². The molecule has 0 aromatic rings. The van der Waals surface area contributed by atoms with Gasteiger partial charge in [-0.15, -0.1) is 0 Å². The van der Waals surface area contributed by atoms with Gasteiger partial charge in [0.1, 0.15) is 13.2 Å².